The number of hydrogen-bond donors (Lipinski definition) is 2. The van der Waals surface area contributed by atoms with E-state index in [2.05, 4.69) is 33.7 Å². The first-order valence-corrected chi connectivity index (χ1v) is 12.3. The summed E-state index contributed by atoms with van der Waals surface area (Å²) in [6, 6.07) is 3.64. The number of ether oxygens (including phenoxy) is 2. The van der Waals surface area contributed by atoms with Crippen molar-refractivity contribution >= 4 is 40.6 Å². The highest BCUT2D eigenvalue weighted by Crippen LogP contribution is 2.33. The lowest BCUT2D eigenvalue weighted by atomic mass is 10.0. The second-order valence-electron chi connectivity index (χ2n) is 8.43. The fourth-order valence-electron chi connectivity index (χ4n) is 3.30. The number of nitrogens with zero attached hydrogens (tertiary/aromatic N) is 3. The number of rotatable bonds is 14. The lowest BCUT2D eigenvalue weighted by molar-refractivity contribution is -0.137. The SMILES string of the molecule is C=C/C(=C\C(=C)/C=C/C(=O)OCC)c1cnc(Nc2cc(C)c(Cl)cc2OC)nc1NCCCN(C)C. The van der Waals surface area contributed by atoms with E-state index in [0.29, 0.717) is 47.0 Å². The number of esters is 1. The summed E-state index contributed by atoms with van der Waals surface area (Å²) in [6.07, 6.45) is 9.09. The van der Waals surface area contributed by atoms with Crippen molar-refractivity contribution in [3.63, 3.8) is 0 Å². The molecule has 1 aromatic carbocycles. The topological polar surface area (TPSA) is 88.6 Å². The molecule has 0 aliphatic heterocycles. The van der Waals surface area contributed by atoms with Gasteiger partial charge >= 0.3 is 5.97 Å². The third-order valence-corrected chi connectivity index (χ3v) is 5.59. The Hall–Kier alpha value is -3.62. The Labute approximate surface area is 224 Å². The second kappa shape index (κ2) is 14.8. The predicted octanol–water partition coefficient (Wildman–Crippen LogP) is 5.80. The fourth-order valence-corrected chi connectivity index (χ4v) is 3.45. The van der Waals surface area contributed by atoms with E-state index in [-0.39, 0.29) is 0 Å². The van der Waals surface area contributed by atoms with Gasteiger partial charge in [0.1, 0.15) is 11.6 Å². The van der Waals surface area contributed by atoms with Gasteiger partial charge in [-0.25, -0.2) is 9.78 Å². The van der Waals surface area contributed by atoms with E-state index in [4.69, 9.17) is 26.1 Å². The molecule has 0 fully saturated rings. The second-order valence-corrected chi connectivity index (χ2v) is 8.84. The van der Waals surface area contributed by atoms with Crippen LogP contribution in [0.4, 0.5) is 17.5 Å². The normalized spacial score (nSPS) is 11.5. The molecule has 1 aromatic heterocycles. The van der Waals surface area contributed by atoms with Gasteiger partial charge in [-0.2, -0.15) is 4.98 Å². The Morgan fingerprint density at radius 1 is 1.27 bits per heavy atom. The van der Waals surface area contributed by atoms with Crippen LogP contribution in [-0.4, -0.2) is 61.7 Å². The molecule has 2 rings (SSSR count). The van der Waals surface area contributed by atoms with E-state index < -0.39 is 5.97 Å². The molecule has 37 heavy (non-hydrogen) atoms. The lowest BCUT2D eigenvalue weighted by Gasteiger charge is -2.16. The van der Waals surface area contributed by atoms with Crippen molar-refractivity contribution in [2.24, 2.45) is 0 Å². The first kappa shape index (κ1) is 29.6. The van der Waals surface area contributed by atoms with Gasteiger partial charge in [0.05, 0.1) is 19.4 Å². The number of benzene rings is 1. The van der Waals surface area contributed by atoms with Gasteiger partial charge in [0.25, 0.3) is 0 Å². The minimum atomic E-state index is -0.424. The number of aryl methyl sites for hydroxylation is 1. The Bertz CT molecular complexity index is 1170. The highest BCUT2D eigenvalue weighted by atomic mass is 35.5. The van der Waals surface area contributed by atoms with E-state index in [1.807, 2.05) is 33.2 Å². The number of aromatic nitrogens is 2. The molecule has 8 nitrogen and oxygen atoms in total. The molecule has 2 aromatic rings. The van der Waals surface area contributed by atoms with Crippen LogP contribution in [-0.2, 0) is 9.53 Å². The molecule has 0 amide bonds. The van der Waals surface area contributed by atoms with Gasteiger partial charge in [0.2, 0.25) is 5.95 Å². The van der Waals surface area contributed by atoms with E-state index in [1.165, 1.54) is 6.08 Å². The van der Waals surface area contributed by atoms with Crippen LogP contribution in [0.5, 0.6) is 5.75 Å². The Balaban J connectivity index is 2.40. The average Bonchev–Trinajstić information content (AvgIpc) is 2.86. The number of anilines is 3. The third-order valence-electron chi connectivity index (χ3n) is 5.18. The molecule has 0 aliphatic rings. The van der Waals surface area contributed by atoms with E-state index in [9.17, 15) is 4.79 Å². The van der Waals surface area contributed by atoms with Crippen LogP contribution in [0, 0.1) is 6.92 Å². The van der Waals surface area contributed by atoms with Gasteiger partial charge in [-0.1, -0.05) is 30.8 Å². The van der Waals surface area contributed by atoms with E-state index in [0.717, 1.165) is 29.7 Å². The molecule has 0 spiro atoms. The van der Waals surface area contributed by atoms with Gasteiger partial charge in [0.15, 0.2) is 0 Å². The summed E-state index contributed by atoms with van der Waals surface area (Å²) in [4.78, 5) is 23.0. The molecule has 198 valence electrons. The zero-order valence-corrected chi connectivity index (χ0v) is 23.0. The summed E-state index contributed by atoms with van der Waals surface area (Å²) in [7, 11) is 5.65. The fraction of sp³-hybridized carbons (Fsp3) is 0.321. The summed E-state index contributed by atoms with van der Waals surface area (Å²) >= 11 is 6.25. The van der Waals surface area contributed by atoms with Crippen LogP contribution in [0.3, 0.4) is 0 Å². The largest absolute Gasteiger partial charge is 0.495 e. The zero-order chi connectivity index (χ0) is 27.4. The minimum Gasteiger partial charge on any atom is -0.495 e. The molecule has 0 aliphatic carbocycles. The summed E-state index contributed by atoms with van der Waals surface area (Å²) < 4.78 is 10.4. The molecule has 0 unspecified atom stereocenters. The van der Waals surface area contributed by atoms with Crippen LogP contribution in [0.1, 0.15) is 24.5 Å². The smallest absolute Gasteiger partial charge is 0.330 e. The standard InChI is InChI=1S/C28H36ClN5O3/c1-8-21(15-19(3)11-12-26(35)37-9-2)22-18-31-28(33-27(22)30-13-10-14-34(5)6)32-24-16-20(4)23(29)17-25(24)36-7/h8,11-12,15-18H,1,3,9-10,13-14H2,2,4-7H3,(H2,30,31,32,33)/b12-11+,21-15+. The van der Waals surface area contributed by atoms with Crippen molar-refractivity contribution in [1.82, 2.24) is 14.9 Å². The number of nitrogens with one attached hydrogen (secondary N) is 2. The highest BCUT2D eigenvalue weighted by molar-refractivity contribution is 6.31. The molecule has 0 saturated carbocycles. The molecule has 9 heteroatoms. The summed E-state index contributed by atoms with van der Waals surface area (Å²) in [5.74, 6) is 1.18. The Morgan fingerprint density at radius 3 is 2.68 bits per heavy atom. The van der Waals surface area contributed by atoms with Gasteiger partial charge in [-0.3, -0.25) is 0 Å². The van der Waals surface area contributed by atoms with Crippen LogP contribution in [0.15, 0.2) is 61.4 Å². The number of hydrogen-bond acceptors (Lipinski definition) is 8. The zero-order valence-electron chi connectivity index (χ0n) is 22.2. The number of carbonyl (C=O) groups is 1. The number of methoxy groups -OCH3 is 1. The maximum absolute atomic E-state index is 11.6. The van der Waals surface area contributed by atoms with Gasteiger partial charge in [-0.15, -0.1) is 0 Å². The monoisotopic (exact) mass is 525 g/mol. The van der Waals surface area contributed by atoms with Crippen molar-refractivity contribution in [2.45, 2.75) is 20.3 Å². The summed E-state index contributed by atoms with van der Waals surface area (Å²) in [6.45, 7) is 13.6. The van der Waals surface area contributed by atoms with Crippen LogP contribution < -0.4 is 15.4 Å². The van der Waals surface area contributed by atoms with Gasteiger partial charge in [-0.05, 0) is 75.8 Å². The summed E-state index contributed by atoms with van der Waals surface area (Å²) in [5.41, 5.74) is 3.70. The summed E-state index contributed by atoms with van der Waals surface area (Å²) in [5, 5.41) is 7.26. The lowest BCUT2D eigenvalue weighted by Crippen LogP contribution is -2.17. The molecule has 0 bridgehead atoms. The molecule has 0 atom stereocenters. The molecule has 0 radical (unpaired) electrons. The average molecular weight is 526 g/mol. The molecular formula is C28H36ClN5O3. The van der Waals surface area contributed by atoms with Crippen LogP contribution in [0.25, 0.3) is 5.57 Å². The van der Waals surface area contributed by atoms with Crippen molar-refractivity contribution in [3.8, 4) is 5.75 Å². The molecule has 1 heterocycles. The Kier molecular flexibility index (Phi) is 11.9. The first-order valence-electron chi connectivity index (χ1n) is 11.9. The van der Waals surface area contributed by atoms with Crippen LogP contribution >= 0.6 is 11.6 Å². The van der Waals surface area contributed by atoms with Crippen molar-refractivity contribution < 1.29 is 14.3 Å². The van der Waals surface area contributed by atoms with Gasteiger partial charge in [0, 0.05) is 35.5 Å². The third kappa shape index (κ3) is 9.40. The van der Waals surface area contributed by atoms with E-state index in [1.54, 1.807) is 38.4 Å². The maximum atomic E-state index is 11.6. The number of allylic oxidation sites excluding steroid dienone is 5. The van der Waals surface area contributed by atoms with E-state index >= 15 is 0 Å². The Morgan fingerprint density at radius 2 is 2.03 bits per heavy atom. The highest BCUT2D eigenvalue weighted by Gasteiger charge is 2.13. The first-order chi connectivity index (χ1) is 17.7. The molecular weight excluding hydrogens is 490 g/mol. The predicted molar refractivity (Wildman–Crippen MR) is 153 cm³/mol. The van der Waals surface area contributed by atoms with Crippen LogP contribution in [0.2, 0.25) is 5.02 Å². The van der Waals surface area contributed by atoms with Gasteiger partial charge < -0.3 is 25.0 Å². The minimum absolute atomic E-state index is 0.311. The molecule has 0 saturated heterocycles. The number of carbonyl (C=O) groups excluding carboxylic acids is 1. The van der Waals surface area contributed by atoms with Crippen molar-refractivity contribution in [3.05, 3.63) is 77.5 Å². The number of halogens is 1. The quantitative estimate of drug-likeness (QED) is 0.138. The van der Waals surface area contributed by atoms with Crippen molar-refractivity contribution in [1.29, 1.82) is 0 Å². The molecule has 2 N–H and O–H groups in total. The van der Waals surface area contributed by atoms with Crippen molar-refractivity contribution in [2.75, 3.05) is 51.5 Å². The maximum Gasteiger partial charge on any atom is 0.330 e.